The van der Waals surface area contributed by atoms with Crippen LogP contribution in [0.15, 0.2) is 0 Å². The summed E-state index contributed by atoms with van der Waals surface area (Å²) >= 11 is 0. The fourth-order valence-electron chi connectivity index (χ4n) is 0.193. The van der Waals surface area contributed by atoms with E-state index in [1.165, 1.54) is 6.92 Å². The second-order valence-corrected chi connectivity index (χ2v) is 1.67. The van der Waals surface area contributed by atoms with E-state index in [2.05, 4.69) is 0 Å². The molecule has 0 saturated carbocycles. The van der Waals surface area contributed by atoms with Crippen molar-refractivity contribution in [3.63, 3.8) is 0 Å². The molecule has 0 spiro atoms. The molecule has 3 heteroatoms. The van der Waals surface area contributed by atoms with Crippen molar-refractivity contribution in [2.75, 3.05) is 6.61 Å². The van der Waals surface area contributed by atoms with E-state index in [1.54, 1.807) is 0 Å². The summed E-state index contributed by atoms with van der Waals surface area (Å²) in [4.78, 5) is 0. The lowest BCUT2D eigenvalue weighted by Crippen LogP contribution is -2.23. The topological polar surface area (TPSA) is 60.4 Å². The molecule has 2 N–H and O–H groups in total. The Bertz CT molecular complexity index is 45.4. The summed E-state index contributed by atoms with van der Waals surface area (Å²) in [6.07, 6.45) is -0.104. The van der Waals surface area contributed by atoms with Gasteiger partial charge in [0, 0.05) is 6.42 Å². The molecule has 0 amide bonds. The maximum atomic E-state index is 9.63. The third-order valence-electron chi connectivity index (χ3n) is 0.576. The Morgan fingerprint density at radius 1 is 1.57 bits per heavy atom. The van der Waals surface area contributed by atoms with Gasteiger partial charge >= 0.3 is 0 Å². The van der Waals surface area contributed by atoms with Crippen LogP contribution in [0.4, 0.5) is 0 Å². The zero-order valence-corrected chi connectivity index (χ0v) is 4.22. The van der Waals surface area contributed by atoms with Gasteiger partial charge in [-0.25, -0.2) is 5.11 Å². The minimum Gasteiger partial charge on any atom is -0.366 e. The molecule has 1 radical (unpaired) electrons. The highest BCUT2D eigenvalue weighted by molar-refractivity contribution is 4.52. The second kappa shape index (κ2) is 2.26. The lowest BCUT2D eigenvalue weighted by atomic mass is 10.2. The molecule has 0 aromatic carbocycles. The highest BCUT2D eigenvalue weighted by Gasteiger charge is 2.12. The first-order valence-corrected chi connectivity index (χ1v) is 2.09. The molecule has 0 unspecified atom stereocenters. The van der Waals surface area contributed by atoms with Gasteiger partial charge in [0.1, 0.15) is 0 Å². The summed E-state index contributed by atoms with van der Waals surface area (Å²) in [5, 5.41) is 26.4. The molecule has 0 atom stereocenters. The summed E-state index contributed by atoms with van der Waals surface area (Å²) in [5.74, 6) is -1.76. The first-order chi connectivity index (χ1) is 3.06. The van der Waals surface area contributed by atoms with Crippen molar-refractivity contribution in [2.45, 2.75) is 19.1 Å². The van der Waals surface area contributed by atoms with Gasteiger partial charge < -0.3 is 10.2 Å². The molecule has 0 aromatic rings. The fourth-order valence-corrected chi connectivity index (χ4v) is 0.193. The standard InChI is InChI=1S/C4H9O3/c1-4(6,7)2-3-5/h6-7H,2-3H2,1H3. The molecule has 3 nitrogen and oxygen atoms in total. The quantitative estimate of drug-likeness (QED) is 0.465. The molecule has 0 aromatic heterocycles. The molecule has 0 heterocycles. The molecule has 0 bridgehead atoms. The first kappa shape index (κ1) is 6.88. The van der Waals surface area contributed by atoms with Gasteiger partial charge in [0.2, 0.25) is 0 Å². The van der Waals surface area contributed by atoms with Crippen molar-refractivity contribution < 1.29 is 15.3 Å². The molecule has 0 fully saturated rings. The van der Waals surface area contributed by atoms with Gasteiger partial charge in [-0.1, -0.05) is 0 Å². The van der Waals surface area contributed by atoms with E-state index in [0.717, 1.165) is 0 Å². The van der Waals surface area contributed by atoms with Crippen LogP contribution in [0, 0.1) is 0 Å². The smallest absolute Gasteiger partial charge is 0.161 e. The van der Waals surface area contributed by atoms with Crippen LogP contribution >= 0.6 is 0 Å². The molecule has 43 valence electrons. The molecular formula is C4H9O3. The van der Waals surface area contributed by atoms with Crippen molar-refractivity contribution in [3.05, 3.63) is 0 Å². The van der Waals surface area contributed by atoms with Crippen LogP contribution < -0.4 is 0 Å². The Hall–Kier alpha value is -0.120. The zero-order valence-electron chi connectivity index (χ0n) is 4.22. The summed E-state index contributed by atoms with van der Waals surface area (Å²) in [5.41, 5.74) is 0. The van der Waals surface area contributed by atoms with E-state index in [-0.39, 0.29) is 6.42 Å². The Labute approximate surface area is 42.2 Å². The minimum atomic E-state index is -1.76. The van der Waals surface area contributed by atoms with Crippen LogP contribution in [0.3, 0.4) is 0 Å². The average Bonchev–Trinajstić information content (AvgIpc) is 1.30. The fraction of sp³-hybridized carbons (Fsp3) is 1.00. The summed E-state index contributed by atoms with van der Waals surface area (Å²) < 4.78 is 0. The number of hydrogen-bond acceptors (Lipinski definition) is 2. The molecule has 0 aliphatic carbocycles. The second-order valence-electron chi connectivity index (χ2n) is 1.67. The van der Waals surface area contributed by atoms with Gasteiger partial charge in [-0.15, -0.1) is 0 Å². The number of rotatable bonds is 2. The maximum absolute atomic E-state index is 9.63. The monoisotopic (exact) mass is 105 g/mol. The van der Waals surface area contributed by atoms with Crippen LogP contribution in [0.1, 0.15) is 13.3 Å². The van der Waals surface area contributed by atoms with Crippen molar-refractivity contribution >= 4 is 0 Å². The van der Waals surface area contributed by atoms with E-state index in [9.17, 15) is 5.11 Å². The van der Waals surface area contributed by atoms with Gasteiger partial charge in [0.05, 0.1) is 6.61 Å². The molecular weight excluding hydrogens is 96.0 g/mol. The highest BCUT2D eigenvalue weighted by Crippen LogP contribution is 2.00. The summed E-state index contributed by atoms with van der Waals surface area (Å²) in [7, 11) is 0. The van der Waals surface area contributed by atoms with Crippen molar-refractivity contribution in [1.82, 2.24) is 0 Å². The highest BCUT2D eigenvalue weighted by atomic mass is 16.5. The van der Waals surface area contributed by atoms with Crippen molar-refractivity contribution in [1.29, 1.82) is 0 Å². The predicted molar refractivity (Wildman–Crippen MR) is 23.0 cm³/mol. The minimum absolute atomic E-state index is 0.104. The van der Waals surface area contributed by atoms with E-state index in [1.807, 2.05) is 0 Å². The van der Waals surface area contributed by atoms with Gasteiger partial charge in [0.25, 0.3) is 0 Å². The van der Waals surface area contributed by atoms with Crippen LogP contribution in [0.2, 0.25) is 0 Å². The van der Waals surface area contributed by atoms with Crippen molar-refractivity contribution in [2.24, 2.45) is 0 Å². The van der Waals surface area contributed by atoms with Crippen LogP contribution in [-0.4, -0.2) is 22.6 Å². The largest absolute Gasteiger partial charge is 0.366 e. The summed E-state index contributed by atoms with van der Waals surface area (Å²) in [6, 6.07) is 0. The third kappa shape index (κ3) is 5.88. The average molecular weight is 105 g/mol. The zero-order chi connectivity index (χ0) is 5.91. The van der Waals surface area contributed by atoms with Crippen LogP contribution in [0.5, 0.6) is 0 Å². The lowest BCUT2D eigenvalue weighted by Gasteiger charge is -2.11. The predicted octanol–water partition coefficient (Wildman–Crippen LogP) is -0.492. The van der Waals surface area contributed by atoms with E-state index in [0.29, 0.717) is 0 Å². The summed E-state index contributed by atoms with van der Waals surface area (Å²) in [6.45, 7) is 0.744. The SMILES string of the molecule is CC(O)(O)CC[O]. The van der Waals surface area contributed by atoms with Crippen molar-refractivity contribution in [3.8, 4) is 0 Å². The normalized spacial score (nSPS) is 12.0. The molecule has 0 rings (SSSR count). The Morgan fingerprint density at radius 3 is 2.00 bits per heavy atom. The lowest BCUT2D eigenvalue weighted by molar-refractivity contribution is -0.157. The Kier molecular flexibility index (Phi) is 2.22. The number of hydrogen-bond donors (Lipinski definition) is 2. The molecule has 0 saturated heterocycles. The van der Waals surface area contributed by atoms with E-state index < -0.39 is 12.4 Å². The van der Waals surface area contributed by atoms with Crippen LogP contribution in [-0.2, 0) is 5.11 Å². The number of aliphatic hydroxyl groups is 2. The van der Waals surface area contributed by atoms with E-state index in [4.69, 9.17) is 10.2 Å². The first-order valence-electron chi connectivity index (χ1n) is 2.09. The molecule has 0 aliphatic rings. The molecule has 7 heavy (non-hydrogen) atoms. The van der Waals surface area contributed by atoms with Gasteiger partial charge in [-0.3, -0.25) is 0 Å². The Morgan fingerprint density at radius 2 is 2.00 bits per heavy atom. The Balaban J connectivity index is 3.15. The van der Waals surface area contributed by atoms with Gasteiger partial charge in [-0.05, 0) is 6.92 Å². The van der Waals surface area contributed by atoms with E-state index >= 15 is 0 Å². The van der Waals surface area contributed by atoms with Gasteiger partial charge in [0.15, 0.2) is 5.79 Å². The third-order valence-corrected chi connectivity index (χ3v) is 0.576. The maximum Gasteiger partial charge on any atom is 0.161 e. The van der Waals surface area contributed by atoms with Crippen LogP contribution in [0.25, 0.3) is 0 Å². The molecule has 0 aliphatic heterocycles. The van der Waals surface area contributed by atoms with Gasteiger partial charge in [-0.2, -0.15) is 0 Å².